The van der Waals surface area contributed by atoms with Gasteiger partial charge in [-0.25, -0.2) is 0 Å². The molecule has 0 saturated heterocycles. The van der Waals surface area contributed by atoms with E-state index in [0.29, 0.717) is 16.7 Å². The van der Waals surface area contributed by atoms with Crippen molar-refractivity contribution in [2.75, 3.05) is 0 Å². The van der Waals surface area contributed by atoms with E-state index in [1.807, 2.05) is 0 Å². The second kappa shape index (κ2) is 7.21. The molecule has 7 atom stereocenters. The normalized spacial score (nSPS) is 44.9. The summed E-state index contributed by atoms with van der Waals surface area (Å²) >= 11 is 0. The average Bonchev–Trinajstić information content (AvgIpc) is 3.00. The Morgan fingerprint density at radius 3 is 2.70 bits per heavy atom. The Kier molecular flexibility index (Phi) is 5.21. The molecule has 0 unspecified atom stereocenters. The zero-order valence-corrected chi connectivity index (χ0v) is 18.0. The van der Waals surface area contributed by atoms with Crippen molar-refractivity contribution in [2.45, 2.75) is 91.6 Å². The maximum Gasteiger partial charge on any atom is 0.0578 e. The first-order chi connectivity index (χ1) is 12.9. The number of aliphatic hydroxyl groups excluding tert-OH is 1. The van der Waals surface area contributed by atoms with Crippen molar-refractivity contribution in [3.8, 4) is 0 Å². The first-order valence-corrected chi connectivity index (χ1v) is 11.7. The molecule has 0 spiro atoms. The molecular formula is C26H40O. The fraction of sp³-hybridized carbons (Fsp3) is 0.769. The monoisotopic (exact) mass is 368 g/mol. The summed E-state index contributed by atoms with van der Waals surface area (Å²) in [7, 11) is 0. The van der Waals surface area contributed by atoms with Crippen LogP contribution in [0.1, 0.15) is 85.5 Å². The average molecular weight is 369 g/mol. The van der Waals surface area contributed by atoms with Gasteiger partial charge in [0.05, 0.1) is 6.10 Å². The molecule has 0 aliphatic heterocycles. The third-order valence-corrected chi connectivity index (χ3v) is 9.15. The number of aliphatic hydroxyl groups is 1. The van der Waals surface area contributed by atoms with Crippen molar-refractivity contribution in [3.05, 3.63) is 35.5 Å². The van der Waals surface area contributed by atoms with Crippen LogP contribution in [-0.4, -0.2) is 11.2 Å². The molecule has 4 aliphatic rings. The lowest BCUT2D eigenvalue weighted by atomic mass is 9.50. The van der Waals surface area contributed by atoms with Crippen molar-refractivity contribution >= 4 is 0 Å². The molecule has 0 aromatic carbocycles. The highest BCUT2D eigenvalue weighted by Gasteiger charge is 2.56. The van der Waals surface area contributed by atoms with E-state index >= 15 is 0 Å². The van der Waals surface area contributed by atoms with E-state index in [2.05, 4.69) is 52.0 Å². The van der Waals surface area contributed by atoms with Gasteiger partial charge in [-0.15, -0.1) is 0 Å². The number of hydrogen-bond acceptors (Lipinski definition) is 1. The Morgan fingerprint density at radius 1 is 1.11 bits per heavy atom. The molecule has 0 radical (unpaired) electrons. The third kappa shape index (κ3) is 3.09. The predicted octanol–water partition coefficient (Wildman–Crippen LogP) is 6.84. The van der Waals surface area contributed by atoms with Crippen LogP contribution in [0.25, 0.3) is 0 Å². The first-order valence-electron chi connectivity index (χ1n) is 11.7. The second-order valence-corrected chi connectivity index (χ2v) is 10.6. The molecule has 1 heteroatoms. The topological polar surface area (TPSA) is 20.2 Å². The van der Waals surface area contributed by atoms with Crippen LogP contribution >= 0.6 is 0 Å². The number of rotatable bonds is 4. The minimum Gasteiger partial charge on any atom is -0.393 e. The van der Waals surface area contributed by atoms with Gasteiger partial charge < -0.3 is 5.11 Å². The molecular weight excluding hydrogens is 328 g/mol. The highest BCUT2D eigenvalue weighted by Crippen LogP contribution is 2.65. The highest BCUT2D eigenvalue weighted by atomic mass is 16.3. The molecule has 1 nitrogen and oxygen atoms in total. The Balaban J connectivity index is 1.60. The molecule has 4 rings (SSSR count). The molecule has 3 fully saturated rings. The van der Waals surface area contributed by atoms with Gasteiger partial charge >= 0.3 is 0 Å². The largest absolute Gasteiger partial charge is 0.393 e. The van der Waals surface area contributed by atoms with Crippen LogP contribution in [0.3, 0.4) is 0 Å². The minimum absolute atomic E-state index is 0.111. The van der Waals surface area contributed by atoms with Crippen LogP contribution in [0.5, 0.6) is 0 Å². The number of fused-ring (bicyclic) bond motifs is 5. The van der Waals surface area contributed by atoms with Gasteiger partial charge in [0, 0.05) is 0 Å². The third-order valence-electron chi connectivity index (χ3n) is 9.15. The van der Waals surface area contributed by atoms with Gasteiger partial charge in [-0.2, -0.15) is 0 Å². The van der Waals surface area contributed by atoms with Crippen LogP contribution < -0.4 is 0 Å². The van der Waals surface area contributed by atoms with E-state index in [1.54, 1.807) is 5.57 Å². The number of hydrogen-bond donors (Lipinski definition) is 1. The smallest absolute Gasteiger partial charge is 0.0578 e. The second-order valence-electron chi connectivity index (χ2n) is 10.6. The van der Waals surface area contributed by atoms with Crippen molar-refractivity contribution in [3.63, 3.8) is 0 Å². The summed E-state index contributed by atoms with van der Waals surface area (Å²) in [4.78, 5) is 0. The lowest BCUT2D eigenvalue weighted by Gasteiger charge is -2.55. The Hall–Kier alpha value is -0.820. The molecule has 150 valence electrons. The maximum atomic E-state index is 10.2. The predicted molar refractivity (Wildman–Crippen MR) is 114 cm³/mol. The standard InChI is InChI=1S/C26H40O/c1-5-6-7-8-18(2)22-11-12-23-21-10-9-19-17-20(27)13-15-25(19,3)24(21)14-16-26(22,23)4/h7-10,18,20,22-24,27H,5-6,11-17H2,1-4H3/b8-7+/t18-,20+,22-,23+,24+,25+,26-/m1/s1. The lowest BCUT2D eigenvalue weighted by Crippen LogP contribution is -2.46. The van der Waals surface area contributed by atoms with Crippen molar-refractivity contribution < 1.29 is 5.11 Å². The van der Waals surface area contributed by atoms with E-state index in [4.69, 9.17) is 0 Å². The minimum atomic E-state index is -0.111. The molecule has 0 bridgehead atoms. The summed E-state index contributed by atoms with van der Waals surface area (Å²) < 4.78 is 0. The van der Waals surface area contributed by atoms with Crippen LogP contribution in [0.2, 0.25) is 0 Å². The summed E-state index contributed by atoms with van der Waals surface area (Å²) in [5.74, 6) is 3.06. The summed E-state index contributed by atoms with van der Waals surface area (Å²) in [5, 5.41) is 10.2. The van der Waals surface area contributed by atoms with E-state index in [-0.39, 0.29) is 6.10 Å². The van der Waals surface area contributed by atoms with Crippen LogP contribution in [-0.2, 0) is 0 Å². The van der Waals surface area contributed by atoms with E-state index in [0.717, 1.165) is 30.6 Å². The zero-order valence-electron chi connectivity index (χ0n) is 18.0. The Bertz CT molecular complexity index is 655. The summed E-state index contributed by atoms with van der Waals surface area (Å²) in [6.07, 6.45) is 20.8. The van der Waals surface area contributed by atoms with Gasteiger partial charge in [0.2, 0.25) is 0 Å². The number of allylic oxidation sites excluding steroid dienone is 5. The van der Waals surface area contributed by atoms with Crippen LogP contribution in [0.15, 0.2) is 35.5 Å². The zero-order chi connectivity index (χ0) is 19.2. The molecule has 0 aromatic heterocycles. The van der Waals surface area contributed by atoms with Crippen molar-refractivity contribution in [1.82, 2.24) is 0 Å². The first kappa shape index (κ1) is 19.5. The Morgan fingerprint density at radius 2 is 1.93 bits per heavy atom. The number of unbranched alkanes of at least 4 members (excludes halogenated alkanes) is 1. The van der Waals surface area contributed by atoms with Crippen molar-refractivity contribution in [1.29, 1.82) is 0 Å². The van der Waals surface area contributed by atoms with E-state index in [9.17, 15) is 5.11 Å². The maximum absolute atomic E-state index is 10.2. The molecule has 0 aromatic rings. The van der Waals surface area contributed by atoms with Gasteiger partial charge in [-0.3, -0.25) is 0 Å². The van der Waals surface area contributed by atoms with Crippen LogP contribution in [0, 0.1) is 34.5 Å². The SMILES string of the molecule is CCC/C=C/[C@@H](C)[C@H]1CC[C@H]2C3=CC=C4C[C@@H](O)CC[C@]4(C)[C@H]3CC[C@]12C. The fourth-order valence-electron chi connectivity index (χ4n) is 7.50. The van der Waals surface area contributed by atoms with Crippen LogP contribution in [0.4, 0.5) is 0 Å². The lowest BCUT2D eigenvalue weighted by molar-refractivity contribution is 0.0383. The van der Waals surface area contributed by atoms with E-state index in [1.165, 1.54) is 50.5 Å². The Labute approximate surface area is 167 Å². The highest BCUT2D eigenvalue weighted by molar-refractivity contribution is 5.39. The molecule has 3 saturated carbocycles. The van der Waals surface area contributed by atoms with Crippen molar-refractivity contribution in [2.24, 2.45) is 34.5 Å². The van der Waals surface area contributed by atoms with Gasteiger partial charge in [0.15, 0.2) is 0 Å². The van der Waals surface area contributed by atoms with Gasteiger partial charge in [0.1, 0.15) is 0 Å². The fourth-order valence-corrected chi connectivity index (χ4v) is 7.50. The molecule has 0 heterocycles. The summed E-state index contributed by atoms with van der Waals surface area (Å²) in [6.45, 7) is 9.86. The molecule has 27 heavy (non-hydrogen) atoms. The molecule has 1 N–H and O–H groups in total. The summed E-state index contributed by atoms with van der Waals surface area (Å²) in [6, 6.07) is 0. The molecule has 4 aliphatic carbocycles. The molecule has 0 amide bonds. The van der Waals surface area contributed by atoms with Gasteiger partial charge in [-0.1, -0.05) is 69.6 Å². The van der Waals surface area contributed by atoms with E-state index < -0.39 is 0 Å². The van der Waals surface area contributed by atoms with Gasteiger partial charge in [-0.05, 0) is 85.9 Å². The van der Waals surface area contributed by atoms with Gasteiger partial charge in [0.25, 0.3) is 0 Å². The quantitative estimate of drug-likeness (QED) is 0.539. The summed E-state index contributed by atoms with van der Waals surface area (Å²) in [5.41, 5.74) is 4.10.